The first-order chi connectivity index (χ1) is 6.91. The van der Waals surface area contributed by atoms with E-state index in [9.17, 15) is 4.79 Å². The van der Waals surface area contributed by atoms with Crippen molar-refractivity contribution in [3.8, 4) is 0 Å². The van der Waals surface area contributed by atoms with E-state index >= 15 is 0 Å². The van der Waals surface area contributed by atoms with Gasteiger partial charge in [-0.05, 0) is 61.1 Å². The van der Waals surface area contributed by atoms with Gasteiger partial charge in [0.15, 0.2) is 0 Å². The first-order valence-corrected chi connectivity index (χ1v) is 5.86. The van der Waals surface area contributed by atoms with Crippen molar-refractivity contribution in [2.24, 2.45) is 0 Å². The summed E-state index contributed by atoms with van der Waals surface area (Å²) in [6.45, 7) is 5.76. The van der Waals surface area contributed by atoms with Crippen LogP contribution >= 0.6 is 22.6 Å². The van der Waals surface area contributed by atoms with Crippen LogP contribution in [0.3, 0.4) is 0 Å². The van der Waals surface area contributed by atoms with Gasteiger partial charge in [0.25, 0.3) is 5.91 Å². The quantitative estimate of drug-likeness (QED) is 0.649. The van der Waals surface area contributed by atoms with Crippen LogP contribution in [0.1, 0.15) is 29.8 Å². The number of nitrogens with one attached hydrogen (secondary N) is 1. The number of carbonyl (C=O) groups is 1. The summed E-state index contributed by atoms with van der Waals surface area (Å²) in [5.41, 5.74) is 7.93. The molecule has 0 bridgehead atoms. The summed E-state index contributed by atoms with van der Waals surface area (Å²) in [5.74, 6) is -0.107. The summed E-state index contributed by atoms with van der Waals surface area (Å²) in [7, 11) is 0. The van der Waals surface area contributed by atoms with Gasteiger partial charge in [-0.3, -0.25) is 4.79 Å². The lowest BCUT2D eigenvalue weighted by Gasteiger charge is -2.12. The van der Waals surface area contributed by atoms with Crippen LogP contribution in [0.25, 0.3) is 0 Å². The van der Waals surface area contributed by atoms with Gasteiger partial charge in [0.2, 0.25) is 0 Å². The molecule has 1 aromatic carbocycles. The Morgan fingerprint density at radius 3 is 2.60 bits per heavy atom. The van der Waals surface area contributed by atoms with Crippen LogP contribution in [0.4, 0.5) is 5.69 Å². The van der Waals surface area contributed by atoms with E-state index in [0.717, 1.165) is 9.13 Å². The van der Waals surface area contributed by atoms with Crippen molar-refractivity contribution < 1.29 is 4.79 Å². The first kappa shape index (κ1) is 12.3. The molecule has 0 atom stereocenters. The molecule has 0 aliphatic heterocycles. The highest BCUT2D eigenvalue weighted by Crippen LogP contribution is 2.20. The molecule has 4 heteroatoms. The van der Waals surface area contributed by atoms with Gasteiger partial charge in [-0.15, -0.1) is 0 Å². The molecule has 1 aromatic rings. The Balaban J connectivity index is 3.08. The van der Waals surface area contributed by atoms with Gasteiger partial charge in [0, 0.05) is 15.3 Å². The number of rotatable bonds is 2. The molecule has 1 rings (SSSR count). The molecule has 0 unspecified atom stereocenters. The zero-order chi connectivity index (χ0) is 11.6. The molecule has 0 aliphatic rings. The van der Waals surface area contributed by atoms with Gasteiger partial charge in [-0.1, -0.05) is 0 Å². The van der Waals surface area contributed by atoms with E-state index in [4.69, 9.17) is 5.73 Å². The molecular weight excluding hydrogens is 303 g/mol. The van der Waals surface area contributed by atoms with Crippen molar-refractivity contribution >= 4 is 34.2 Å². The molecule has 82 valence electrons. The monoisotopic (exact) mass is 318 g/mol. The smallest absolute Gasteiger partial charge is 0.253 e. The lowest BCUT2D eigenvalue weighted by atomic mass is 10.1. The molecule has 3 N–H and O–H groups in total. The number of amides is 1. The summed E-state index contributed by atoms with van der Waals surface area (Å²) in [4.78, 5) is 11.8. The van der Waals surface area contributed by atoms with Crippen LogP contribution in [0.5, 0.6) is 0 Å². The van der Waals surface area contributed by atoms with Crippen molar-refractivity contribution in [1.29, 1.82) is 0 Å². The van der Waals surface area contributed by atoms with Crippen LogP contribution < -0.4 is 11.1 Å². The zero-order valence-corrected chi connectivity index (χ0v) is 11.3. The molecule has 0 fully saturated rings. The number of anilines is 1. The number of aryl methyl sites for hydroxylation is 1. The number of hydrogen-bond acceptors (Lipinski definition) is 2. The van der Waals surface area contributed by atoms with Gasteiger partial charge in [0.1, 0.15) is 0 Å². The summed E-state index contributed by atoms with van der Waals surface area (Å²) >= 11 is 2.18. The van der Waals surface area contributed by atoms with Crippen molar-refractivity contribution in [1.82, 2.24) is 5.32 Å². The second-order valence-corrected chi connectivity index (χ2v) is 5.06. The number of carbonyl (C=O) groups excluding carboxylic acids is 1. The van der Waals surface area contributed by atoms with Crippen molar-refractivity contribution in [3.05, 3.63) is 26.8 Å². The van der Waals surface area contributed by atoms with Gasteiger partial charge in [-0.2, -0.15) is 0 Å². The third-order valence-corrected chi connectivity index (χ3v) is 2.64. The molecular formula is C11H15IN2O. The largest absolute Gasteiger partial charge is 0.398 e. The Bertz CT molecular complexity index is 388. The van der Waals surface area contributed by atoms with Crippen molar-refractivity contribution in [3.63, 3.8) is 0 Å². The van der Waals surface area contributed by atoms with Crippen LogP contribution in [0.2, 0.25) is 0 Å². The highest BCUT2D eigenvalue weighted by Gasteiger charge is 2.12. The molecule has 0 heterocycles. The number of nitrogen functional groups attached to an aromatic ring is 1. The normalized spacial score (nSPS) is 10.5. The highest BCUT2D eigenvalue weighted by molar-refractivity contribution is 14.1. The number of halogens is 1. The van der Waals surface area contributed by atoms with Gasteiger partial charge < -0.3 is 11.1 Å². The third-order valence-electron chi connectivity index (χ3n) is 2.02. The van der Waals surface area contributed by atoms with Gasteiger partial charge >= 0.3 is 0 Å². The number of nitrogens with two attached hydrogens (primary N) is 1. The van der Waals surface area contributed by atoms with Crippen molar-refractivity contribution in [2.45, 2.75) is 26.8 Å². The van der Waals surface area contributed by atoms with Gasteiger partial charge in [-0.25, -0.2) is 0 Å². The summed E-state index contributed by atoms with van der Waals surface area (Å²) < 4.78 is 1.02. The van der Waals surface area contributed by atoms with E-state index in [2.05, 4.69) is 27.9 Å². The number of hydrogen-bond donors (Lipinski definition) is 2. The lowest BCUT2D eigenvalue weighted by molar-refractivity contribution is 0.0944. The minimum Gasteiger partial charge on any atom is -0.398 e. The molecule has 15 heavy (non-hydrogen) atoms. The minimum atomic E-state index is -0.107. The van der Waals surface area contributed by atoms with Crippen LogP contribution in [-0.4, -0.2) is 11.9 Å². The topological polar surface area (TPSA) is 55.1 Å². The van der Waals surface area contributed by atoms with E-state index < -0.39 is 0 Å². The molecule has 0 spiro atoms. The molecule has 0 saturated heterocycles. The van der Waals surface area contributed by atoms with E-state index in [0.29, 0.717) is 11.3 Å². The van der Waals surface area contributed by atoms with Crippen molar-refractivity contribution in [2.75, 3.05) is 5.73 Å². The molecule has 1 amide bonds. The zero-order valence-electron chi connectivity index (χ0n) is 9.10. The fourth-order valence-corrected chi connectivity index (χ4v) is 2.06. The maximum absolute atomic E-state index is 11.8. The number of benzene rings is 1. The summed E-state index contributed by atoms with van der Waals surface area (Å²) in [6.07, 6.45) is 0. The Labute approximate surface area is 104 Å². The molecule has 0 saturated carbocycles. The Kier molecular flexibility index (Phi) is 3.96. The average molecular weight is 318 g/mol. The summed E-state index contributed by atoms with van der Waals surface area (Å²) in [5, 5.41) is 2.83. The van der Waals surface area contributed by atoms with Crippen LogP contribution in [0.15, 0.2) is 12.1 Å². The van der Waals surface area contributed by atoms with E-state index in [1.165, 1.54) is 0 Å². The molecule has 0 radical (unpaired) electrons. The Hall–Kier alpha value is -0.780. The standard InChI is InChI=1S/C11H15IN2O/c1-6(2)14-11(15)9-5-8(12)4-7(3)10(9)13/h4-6H,13H2,1-3H3,(H,14,15). The van der Waals surface area contributed by atoms with E-state index in [-0.39, 0.29) is 11.9 Å². The van der Waals surface area contributed by atoms with E-state index in [1.54, 1.807) is 6.07 Å². The van der Waals surface area contributed by atoms with Crippen LogP contribution in [-0.2, 0) is 0 Å². The molecule has 0 aromatic heterocycles. The second-order valence-electron chi connectivity index (χ2n) is 3.81. The lowest BCUT2D eigenvalue weighted by Crippen LogP contribution is -2.30. The first-order valence-electron chi connectivity index (χ1n) is 4.78. The maximum Gasteiger partial charge on any atom is 0.253 e. The fourth-order valence-electron chi connectivity index (χ4n) is 1.28. The average Bonchev–Trinajstić information content (AvgIpc) is 2.09. The SMILES string of the molecule is Cc1cc(I)cc(C(=O)NC(C)C)c1N. The summed E-state index contributed by atoms with van der Waals surface area (Å²) in [6, 6.07) is 3.89. The Morgan fingerprint density at radius 1 is 1.47 bits per heavy atom. The predicted octanol–water partition coefficient (Wildman–Crippen LogP) is 2.32. The molecule has 0 aliphatic carbocycles. The van der Waals surface area contributed by atoms with E-state index in [1.807, 2.05) is 26.8 Å². The second kappa shape index (κ2) is 4.83. The third kappa shape index (κ3) is 3.09. The molecule has 3 nitrogen and oxygen atoms in total. The highest BCUT2D eigenvalue weighted by atomic mass is 127. The maximum atomic E-state index is 11.8. The Morgan fingerprint density at radius 2 is 2.07 bits per heavy atom. The predicted molar refractivity (Wildman–Crippen MR) is 70.9 cm³/mol. The van der Waals surface area contributed by atoms with Gasteiger partial charge in [0.05, 0.1) is 5.56 Å². The minimum absolute atomic E-state index is 0.107. The fraction of sp³-hybridized carbons (Fsp3) is 0.364. The van der Waals surface area contributed by atoms with Crippen LogP contribution in [0, 0.1) is 10.5 Å².